The van der Waals surface area contributed by atoms with Crippen molar-refractivity contribution in [2.45, 2.75) is 18.6 Å². The zero-order chi connectivity index (χ0) is 21.7. The molecule has 9 heteroatoms. The highest BCUT2D eigenvalue weighted by molar-refractivity contribution is 7.17. The second-order valence-corrected chi connectivity index (χ2v) is 7.35. The molecule has 0 aliphatic carbocycles. The number of amides is 2. The minimum absolute atomic E-state index is 0.131. The number of nitriles is 1. The molecule has 30 heavy (non-hydrogen) atoms. The number of carbonyl (C=O) groups excluding carboxylic acids is 2. The van der Waals surface area contributed by atoms with Gasteiger partial charge >= 0.3 is 6.18 Å². The van der Waals surface area contributed by atoms with Crippen LogP contribution in [-0.2, 0) is 17.4 Å². The number of hydrogen-bond acceptors (Lipinski definition) is 4. The minimum Gasteiger partial charge on any atom is -0.341 e. The van der Waals surface area contributed by atoms with E-state index in [1.807, 2.05) is 29.6 Å². The molecule has 0 spiro atoms. The standard InChI is InChI=1S/C21H16F3N3O2S/c22-21(23,24)15-5-3-4-13(10-15)19(28)27-17(20(29)26-9-8-25)11-14-12-30-18-7-2-1-6-16(14)18/h1-7,10,12,17H,9,11H2,(H,26,29)(H,27,28). The van der Waals surface area contributed by atoms with Gasteiger partial charge in [-0.05, 0) is 40.6 Å². The van der Waals surface area contributed by atoms with Crippen LogP contribution in [0.25, 0.3) is 10.1 Å². The number of alkyl halides is 3. The van der Waals surface area contributed by atoms with Gasteiger partial charge in [-0.25, -0.2) is 0 Å². The fraction of sp³-hybridized carbons (Fsp3) is 0.190. The Morgan fingerprint density at radius 1 is 1.13 bits per heavy atom. The molecule has 1 atom stereocenters. The van der Waals surface area contributed by atoms with E-state index in [0.717, 1.165) is 33.8 Å². The molecule has 0 aliphatic heterocycles. The van der Waals surface area contributed by atoms with E-state index in [0.29, 0.717) is 0 Å². The molecular formula is C21H16F3N3O2S. The van der Waals surface area contributed by atoms with E-state index in [9.17, 15) is 22.8 Å². The molecule has 0 aliphatic rings. The lowest BCUT2D eigenvalue weighted by Gasteiger charge is -2.18. The van der Waals surface area contributed by atoms with Crippen molar-refractivity contribution in [3.63, 3.8) is 0 Å². The van der Waals surface area contributed by atoms with Gasteiger partial charge in [0.25, 0.3) is 5.91 Å². The number of halogens is 3. The van der Waals surface area contributed by atoms with Crippen molar-refractivity contribution in [3.8, 4) is 6.07 Å². The highest BCUT2D eigenvalue weighted by atomic mass is 32.1. The maximum Gasteiger partial charge on any atom is 0.416 e. The molecule has 0 bridgehead atoms. The molecule has 3 rings (SSSR count). The van der Waals surface area contributed by atoms with Gasteiger partial charge < -0.3 is 10.6 Å². The first-order valence-electron chi connectivity index (χ1n) is 8.87. The molecule has 0 fully saturated rings. The van der Waals surface area contributed by atoms with Gasteiger partial charge in [0.2, 0.25) is 5.91 Å². The molecule has 2 aromatic carbocycles. The van der Waals surface area contributed by atoms with E-state index in [2.05, 4.69) is 10.6 Å². The summed E-state index contributed by atoms with van der Waals surface area (Å²) in [6, 6.07) is 12.3. The van der Waals surface area contributed by atoms with Crippen LogP contribution in [0.2, 0.25) is 0 Å². The Hall–Kier alpha value is -3.38. The van der Waals surface area contributed by atoms with E-state index in [-0.39, 0.29) is 18.5 Å². The average molecular weight is 431 g/mol. The van der Waals surface area contributed by atoms with Gasteiger partial charge in [-0.15, -0.1) is 11.3 Å². The molecule has 2 N–H and O–H groups in total. The molecule has 1 unspecified atom stereocenters. The monoisotopic (exact) mass is 431 g/mol. The Morgan fingerprint density at radius 2 is 1.90 bits per heavy atom. The zero-order valence-corrected chi connectivity index (χ0v) is 16.3. The molecular weight excluding hydrogens is 415 g/mol. The molecule has 0 saturated carbocycles. The number of thiophene rings is 1. The van der Waals surface area contributed by atoms with Crippen molar-refractivity contribution in [2.75, 3.05) is 6.54 Å². The molecule has 1 heterocycles. The van der Waals surface area contributed by atoms with E-state index in [1.165, 1.54) is 17.4 Å². The zero-order valence-electron chi connectivity index (χ0n) is 15.5. The minimum atomic E-state index is -4.59. The Bertz CT molecular complexity index is 1120. The normalized spacial score (nSPS) is 12.2. The average Bonchev–Trinajstić information content (AvgIpc) is 3.14. The third-order valence-corrected chi connectivity index (χ3v) is 5.41. The quantitative estimate of drug-likeness (QED) is 0.581. The highest BCUT2D eigenvalue weighted by Gasteiger charge is 2.31. The Morgan fingerprint density at radius 3 is 2.63 bits per heavy atom. The highest BCUT2D eigenvalue weighted by Crippen LogP contribution is 2.30. The molecule has 3 aromatic rings. The molecule has 154 valence electrons. The lowest BCUT2D eigenvalue weighted by molar-refractivity contribution is -0.137. The summed E-state index contributed by atoms with van der Waals surface area (Å²) in [6.07, 6.45) is -4.46. The van der Waals surface area contributed by atoms with Crippen LogP contribution >= 0.6 is 11.3 Å². The first kappa shape index (κ1) is 21.3. The molecule has 0 radical (unpaired) electrons. The van der Waals surface area contributed by atoms with Crippen LogP contribution < -0.4 is 10.6 Å². The van der Waals surface area contributed by atoms with Crippen LogP contribution in [0.15, 0.2) is 53.9 Å². The smallest absolute Gasteiger partial charge is 0.341 e. The number of fused-ring (bicyclic) bond motifs is 1. The fourth-order valence-electron chi connectivity index (χ4n) is 2.95. The van der Waals surface area contributed by atoms with Gasteiger partial charge in [0.15, 0.2) is 0 Å². The summed E-state index contributed by atoms with van der Waals surface area (Å²) in [4.78, 5) is 25.1. The van der Waals surface area contributed by atoms with Crippen LogP contribution in [0.4, 0.5) is 13.2 Å². The number of rotatable bonds is 6. The predicted octanol–water partition coefficient (Wildman–Crippen LogP) is 3.90. The molecule has 1 aromatic heterocycles. The predicted molar refractivity (Wildman–Crippen MR) is 107 cm³/mol. The lowest BCUT2D eigenvalue weighted by Crippen LogP contribution is -2.48. The van der Waals surface area contributed by atoms with Crippen LogP contribution in [0.5, 0.6) is 0 Å². The maximum absolute atomic E-state index is 12.9. The Labute approximate surface area is 174 Å². The van der Waals surface area contributed by atoms with Gasteiger partial charge in [-0.1, -0.05) is 24.3 Å². The summed E-state index contributed by atoms with van der Waals surface area (Å²) in [5.74, 6) is -1.40. The fourth-order valence-corrected chi connectivity index (χ4v) is 3.92. The maximum atomic E-state index is 12.9. The third kappa shape index (κ3) is 4.96. The summed E-state index contributed by atoms with van der Waals surface area (Å²) in [7, 11) is 0. The number of nitrogens with zero attached hydrogens (tertiary/aromatic N) is 1. The summed E-state index contributed by atoms with van der Waals surface area (Å²) in [5, 5.41) is 16.4. The summed E-state index contributed by atoms with van der Waals surface area (Å²) < 4.78 is 39.8. The van der Waals surface area contributed by atoms with Crippen LogP contribution in [-0.4, -0.2) is 24.4 Å². The SMILES string of the molecule is N#CCNC(=O)C(Cc1csc2ccccc12)NC(=O)c1cccc(C(F)(F)F)c1. The van der Waals surface area contributed by atoms with Gasteiger partial charge in [0.1, 0.15) is 12.6 Å². The Balaban J connectivity index is 1.85. The van der Waals surface area contributed by atoms with Crippen molar-refractivity contribution >= 4 is 33.2 Å². The van der Waals surface area contributed by atoms with E-state index in [1.54, 1.807) is 6.07 Å². The number of nitrogens with one attached hydrogen (secondary N) is 2. The first-order chi connectivity index (χ1) is 14.3. The second-order valence-electron chi connectivity index (χ2n) is 6.44. The second kappa shape index (κ2) is 8.97. The molecule has 0 saturated heterocycles. The first-order valence-corrected chi connectivity index (χ1v) is 9.75. The van der Waals surface area contributed by atoms with Gasteiger partial charge in [0, 0.05) is 16.7 Å². The van der Waals surface area contributed by atoms with Crippen molar-refractivity contribution in [1.82, 2.24) is 10.6 Å². The lowest BCUT2D eigenvalue weighted by atomic mass is 10.0. The van der Waals surface area contributed by atoms with Crippen LogP contribution in [0.1, 0.15) is 21.5 Å². The van der Waals surface area contributed by atoms with Crippen molar-refractivity contribution < 1.29 is 22.8 Å². The topological polar surface area (TPSA) is 82.0 Å². The van der Waals surface area contributed by atoms with Gasteiger partial charge in [0.05, 0.1) is 11.6 Å². The van der Waals surface area contributed by atoms with E-state index in [4.69, 9.17) is 5.26 Å². The largest absolute Gasteiger partial charge is 0.416 e. The summed E-state index contributed by atoms with van der Waals surface area (Å²) >= 11 is 1.48. The number of hydrogen-bond donors (Lipinski definition) is 2. The van der Waals surface area contributed by atoms with Crippen molar-refractivity contribution in [1.29, 1.82) is 5.26 Å². The van der Waals surface area contributed by atoms with E-state index >= 15 is 0 Å². The number of benzene rings is 2. The molecule has 5 nitrogen and oxygen atoms in total. The summed E-state index contributed by atoms with van der Waals surface area (Å²) in [6.45, 7) is -0.251. The molecule has 2 amide bonds. The van der Waals surface area contributed by atoms with Crippen molar-refractivity contribution in [2.24, 2.45) is 0 Å². The van der Waals surface area contributed by atoms with Crippen LogP contribution in [0.3, 0.4) is 0 Å². The van der Waals surface area contributed by atoms with E-state index < -0.39 is 29.6 Å². The summed E-state index contributed by atoms with van der Waals surface area (Å²) in [5.41, 5.74) is -0.348. The Kier molecular flexibility index (Phi) is 6.37. The third-order valence-electron chi connectivity index (χ3n) is 4.40. The number of carbonyl (C=O) groups is 2. The van der Waals surface area contributed by atoms with Gasteiger partial charge in [-0.2, -0.15) is 18.4 Å². The van der Waals surface area contributed by atoms with Crippen LogP contribution in [0, 0.1) is 11.3 Å². The van der Waals surface area contributed by atoms with Gasteiger partial charge in [-0.3, -0.25) is 9.59 Å². The van der Waals surface area contributed by atoms with Crippen molar-refractivity contribution in [3.05, 3.63) is 70.6 Å².